The van der Waals surface area contributed by atoms with Crippen LogP contribution in [0.1, 0.15) is 59.8 Å². The molecule has 29 heavy (non-hydrogen) atoms. The Morgan fingerprint density at radius 2 is 1.90 bits per heavy atom. The predicted molar refractivity (Wildman–Crippen MR) is 116 cm³/mol. The van der Waals surface area contributed by atoms with Crippen molar-refractivity contribution in [2.75, 3.05) is 19.7 Å². The molecule has 1 aromatic heterocycles. The zero-order valence-electron chi connectivity index (χ0n) is 18.9. The van der Waals surface area contributed by atoms with E-state index in [1.165, 1.54) is 4.57 Å². The maximum absolute atomic E-state index is 12.4. The summed E-state index contributed by atoms with van der Waals surface area (Å²) in [7, 11) is 0. The second kappa shape index (κ2) is 12.0. The first-order valence-electron chi connectivity index (χ1n) is 10.5. The van der Waals surface area contributed by atoms with Crippen LogP contribution in [0.2, 0.25) is 0 Å². The Labute approximate surface area is 174 Å². The molecule has 1 aliphatic rings. The quantitative estimate of drug-likeness (QED) is 0.504. The van der Waals surface area contributed by atoms with Gasteiger partial charge in [0.2, 0.25) is 0 Å². The van der Waals surface area contributed by atoms with E-state index in [1.807, 2.05) is 20.8 Å². The van der Waals surface area contributed by atoms with Gasteiger partial charge in [-0.05, 0) is 18.8 Å². The predicted octanol–water partition coefficient (Wildman–Crippen LogP) is 2.49. The fourth-order valence-corrected chi connectivity index (χ4v) is 3.19. The van der Waals surface area contributed by atoms with E-state index in [0.717, 1.165) is 18.7 Å². The standard InChI is InChI=1S/C19H32N4O4.C2H6/c1-12(2)7-22(8-13(3)4)11-20-18-14(5)9-23(19(26)21-18)17-6-15(25)16(10-24)27-17;1-2/h9,11-13,15-17,24-25H,6-8,10H2,1-5H3;1-2H3. The fourth-order valence-electron chi connectivity index (χ4n) is 3.19. The number of rotatable bonds is 8. The molecule has 166 valence electrons. The molecule has 0 radical (unpaired) electrons. The molecular formula is C21H38N4O4. The summed E-state index contributed by atoms with van der Waals surface area (Å²) in [6, 6.07) is 0. The SMILES string of the molecule is CC.Cc1cn(C2CC(O)C(CO)O2)c(=O)nc1N=CN(CC(C)C)CC(C)C. The Morgan fingerprint density at radius 3 is 2.38 bits per heavy atom. The van der Waals surface area contributed by atoms with Crippen molar-refractivity contribution in [1.29, 1.82) is 0 Å². The molecule has 1 aromatic rings. The topological polar surface area (TPSA) is 100 Å². The second-order valence-corrected chi connectivity index (χ2v) is 8.04. The lowest BCUT2D eigenvalue weighted by molar-refractivity contribution is -0.0459. The number of aryl methyl sites for hydroxylation is 1. The number of hydrogen-bond acceptors (Lipinski definition) is 6. The number of ether oxygens (including phenoxy) is 1. The summed E-state index contributed by atoms with van der Waals surface area (Å²) in [5.41, 5.74) is 0.258. The van der Waals surface area contributed by atoms with Gasteiger partial charge < -0.3 is 19.8 Å². The van der Waals surface area contributed by atoms with Gasteiger partial charge in [-0.1, -0.05) is 41.5 Å². The molecule has 1 aliphatic heterocycles. The molecule has 2 heterocycles. The van der Waals surface area contributed by atoms with Crippen LogP contribution in [-0.2, 0) is 4.74 Å². The van der Waals surface area contributed by atoms with Crippen molar-refractivity contribution in [3.05, 3.63) is 22.2 Å². The van der Waals surface area contributed by atoms with E-state index in [4.69, 9.17) is 4.74 Å². The highest BCUT2D eigenvalue weighted by atomic mass is 16.5. The third kappa shape index (κ3) is 7.53. The van der Waals surface area contributed by atoms with Crippen molar-refractivity contribution in [2.45, 2.75) is 73.3 Å². The largest absolute Gasteiger partial charge is 0.394 e. The highest BCUT2D eigenvalue weighted by Crippen LogP contribution is 2.28. The molecule has 1 saturated heterocycles. The number of hydrogen-bond donors (Lipinski definition) is 2. The van der Waals surface area contributed by atoms with E-state index >= 15 is 0 Å². The minimum absolute atomic E-state index is 0.241. The van der Waals surface area contributed by atoms with Gasteiger partial charge in [-0.25, -0.2) is 9.79 Å². The summed E-state index contributed by atoms with van der Waals surface area (Å²) in [4.78, 5) is 23.1. The molecule has 3 atom stereocenters. The van der Waals surface area contributed by atoms with Crippen molar-refractivity contribution in [3.63, 3.8) is 0 Å². The Balaban J connectivity index is 0.00000204. The summed E-state index contributed by atoms with van der Waals surface area (Å²) in [6.45, 7) is 15.9. The van der Waals surface area contributed by atoms with Crippen LogP contribution >= 0.6 is 0 Å². The van der Waals surface area contributed by atoms with Gasteiger partial charge in [0, 0.05) is 31.3 Å². The van der Waals surface area contributed by atoms with Crippen molar-refractivity contribution >= 4 is 12.2 Å². The van der Waals surface area contributed by atoms with E-state index in [0.29, 0.717) is 17.7 Å². The first-order valence-corrected chi connectivity index (χ1v) is 10.5. The fraction of sp³-hybridized carbons (Fsp3) is 0.762. The summed E-state index contributed by atoms with van der Waals surface area (Å²) in [6.07, 6.45) is 1.54. The van der Waals surface area contributed by atoms with Crippen molar-refractivity contribution < 1.29 is 14.9 Å². The van der Waals surface area contributed by atoms with Crippen LogP contribution in [0.4, 0.5) is 5.82 Å². The molecule has 3 unspecified atom stereocenters. The average Bonchev–Trinajstić information content (AvgIpc) is 3.03. The zero-order chi connectivity index (χ0) is 22.1. The van der Waals surface area contributed by atoms with Gasteiger partial charge in [0.1, 0.15) is 12.3 Å². The average molecular weight is 411 g/mol. The van der Waals surface area contributed by atoms with Crippen LogP contribution in [0.5, 0.6) is 0 Å². The minimum Gasteiger partial charge on any atom is -0.394 e. The van der Waals surface area contributed by atoms with E-state index in [2.05, 4.69) is 42.6 Å². The Bertz CT molecular complexity index is 692. The van der Waals surface area contributed by atoms with Crippen molar-refractivity contribution in [1.82, 2.24) is 14.5 Å². The molecule has 0 aliphatic carbocycles. The number of aliphatic hydroxyl groups excluding tert-OH is 2. The summed E-state index contributed by atoms with van der Waals surface area (Å²) in [5.74, 6) is 1.39. The lowest BCUT2D eigenvalue weighted by Crippen LogP contribution is -2.30. The molecule has 2 rings (SSSR count). The number of aromatic nitrogens is 2. The van der Waals surface area contributed by atoms with Gasteiger partial charge in [0.25, 0.3) is 0 Å². The Morgan fingerprint density at radius 1 is 1.31 bits per heavy atom. The molecule has 0 amide bonds. The van der Waals surface area contributed by atoms with Crippen LogP contribution in [0.3, 0.4) is 0 Å². The molecule has 8 heteroatoms. The highest BCUT2D eigenvalue weighted by molar-refractivity contribution is 5.60. The third-order valence-electron chi connectivity index (χ3n) is 4.34. The van der Waals surface area contributed by atoms with Gasteiger partial charge in [-0.3, -0.25) is 4.57 Å². The van der Waals surface area contributed by atoms with Gasteiger partial charge >= 0.3 is 5.69 Å². The van der Waals surface area contributed by atoms with E-state index in [1.54, 1.807) is 12.5 Å². The van der Waals surface area contributed by atoms with Gasteiger partial charge in [-0.2, -0.15) is 4.98 Å². The number of aliphatic hydroxyl groups is 2. The van der Waals surface area contributed by atoms with Crippen LogP contribution < -0.4 is 5.69 Å². The van der Waals surface area contributed by atoms with Crippen molar-refractivity contribution in [2.24, 2.45) is 16.8 Å². The van der Waals surface area contributed by atoms with E-state index < -0.39 is 24.1 Å². The molecule has 0 aromatic carbocycles. The lowest BCUT2D eigenvalue weighted by atomic mass is 10.1. The molecular weight excluding hydrogens is 372 g/mol. The molecule has 1 fully saturated rings. The van der Waals surface area contributed by atoms with E-state index in [-0.39, 0.29) is 13.0 Å². The Hall–Kier alpha value is -1.77. The second-order valence-electron chi connectivity index (χ2n) is 8.04. The summed E-state index contributed by atoms with van der Waals surface area (Å²) < 4.78 is 6.90. The number of nitrogens with zero attached hydrogens (tertiary/aromatic N) is 4. The minimum atomic E-state index is -0.800. The van der Waals surface area contributed by atoms with Gasteiger partial charge in [0.05, 0.1) is 19.0 Å². The normalized spacial score (nSPS) is 21.7. The third-order valence-corrected chi connectivity index (χ3v) is 4.34. The molecule has 0 spiro atoms. The molecule has 0 saturated carbocycles. The monoisotopic (exact) mass is 410 g/mol. The van der Waals surface area contributed by atoms with Gasteiger partial charge in [0.15, 0.2) is 5.82 Å². The summed E-state index contributed by atoms with van der Waals surface area (Å²) >= 11 is 0. The zero-order valence-corrected chi connectivity index (χ0v) is 18.9. The summed E-state index contributed by atoms with van der Waals surface area (Å²) in [5, 5.41) is 19.1. The van der Waals surface area contributed by atoms with Crippen LogP contribution in [0.15, 0.2) is 16.0 Å². The van der Waals surface area contributed by atoms with E-state index in [9.17, 15) is 15.0 Å². The van der Waals surface area contributed by atoms with Crippen LogP contribution in [0.25, 0.3) is 0 Å². The van der Waals surface area contributed by atoms with Gasteiger partial charge in [-0.15, -0.1) is 0 Å². The highest BCUT2D eigenvalue weighted by Gasteiger charge is 2.35. The molecule has 0 bridgehead atoms. The maximum atomic E-state index is 12.4. The molecule has 2 N–H and O–H groups in total. The smallest absolute Gasteiger partial charge is 0.351 e. The molecule has 8 nitrogen and oxygen atoms in total. The van der Waals surface area contributed by atoms with Crippen LogP contribution in [-0.4, -0.2) is 62.9 Å². The lowest BCUT2D eigenvalue weighted by Gasteiger charge is -2.23. The first-order chi connectivity index (χ1) is 13.7. The van der Waals surface area contributed by atoms with Crippen molar-refractivity contribution in [3.8, 4) is 0 Å². The maximum Gasteiger partial charge on any atom is 0.351 e. The first kappa shape index (κ1) is 25.3. The number of aliphatic imine (C=N–C) groups is 1. The Kier molecular flexibility index (Phi) is 10.5. The van der Waals surface area contributed by atoms with Crippen LogP contribution in [0, 0.1) is 18.8 Å².